The van der Waals surface area contributed by atoms with Gasteiger partial charge in [-0.2, -0.15) is 10.1 Å². The third kappa shape index (κ3) is 3.62. The number of halogens is 1. The van der Waals surface area contributed by atoms with Crippen LogP contribution in [-0.2, 0) is 19.2 Å². The van der Waals surface area contributed by atoms with Crippen LogP contribution >= 0.6 is 0 Å². The van der Waals surface area contributed by atoms with Crippen LogP contribution in [0.15, 0.2) is 29.4 Å². The van der Waals surface area contributed by atoms with Gasteiger partial charge in [-0.1, -0.05) is 6.92 Å². The average molecular weight is 335 g/mol. The first kappa shape index (κ1) is 17.3. The zero-order valence-electron chi connectivity index (χ0n) is 12.7. The molecule has 1 aliphatic heterocycles. The number of Topliss-reactive ketones (excluding diaryl/α,β-unsaturated/α-hetero) is 1. The van der Waals surface area contributed by atoms with Gasteiger partial charge in [0.25, 0.3) is 11.8 Å². The zero-order chi connectivity index (χ0) is 17.9. The third-order valence-corrected chi connectivity index (χ3v) is 3.31. The Morgan fingerprint density at radius 2 is 1.96 bits per heavy atom. The van der Waals surface area contributed by atoms with Crippen molar-refractivity contribution in [3.63, 3.8) is 0 Å². The molecule has 0 bridgehead atoms. The summed E-state index contributed by atoms with van der Waals surface area (Å²) in [6, 6.07) is 3.57. The quantitative estimate of drug-likeness (QED) is 0.759. The minimum Gasteiger partial charge on any atom is -0.480 e. The topological polar surface area (TPSA) is 116 Å². The van der Waals surface area contributed by atoms with Crippen molar-refractivity contribution in [2.75, 3.05) is 5.01 Å². The highest BCUT2D eigenvalue weighted by Crippen LogP contribution is 2.19. The second-order valence-corrected chi connectivity index (χ2v) is 5.00. The van der Waals surface area contributed by atoms with Gasteiger partial charge in [-0.15, -0.1) is 0 Å². The molecule has 0 aromatic heterocycles. The number of ketones is 1. The number of carboxylic acid groups (broad SMARTS) is 1. The number of anilines is 1. The number of aliphatic carboxylic acids is 1. The molecular weight excluding hydrogens is 321 g/mol. The van der Waals surface area contributed by atoms with E-state index in [4.69, 9.17) is 5.11 Å². The lowest BCUT2D eigenvalue weighted by Gasteiger charge is -2.23. The van der Waals surface area contributed by atoms with Gasteiger partial charge in [0.2, 0.25) is 0 Å². The Morgan fingerprint density at radius 3 is 2.50 bits per heavy atom. The van der Waals surface area contributed by atoms with Crippen LogP contribution < -0.4 is 10.3 Å². The Labute approximate surface area is 135 Å². The largest absolute Gasteiger partial charge is 0.480 e. The van der Waals surface area contributed by atoms with Gasteiger partial charge in [-0.05, 0) is 30.7 Å². The summed E-state index contributed by atoms with van der Waals surface area (Å²) in [5, 5.41) is 15.6. The molecule has 2 rings (SSSR count). The van der Waals surface area contributed by atoms with Gasteiger partial charge in [0.05, 0.1) is 12.1 Å². The van der Waals surface area contributed by atoms with Crippen molar-refractivity contribution in [3.8, 4) is 0 Å². The zero-order valence-corrected chi connectivity index (χ0v) is 12.7. The molecular formula is C15H14FN3O5. The van der Waals surface area contributed by atoms with Crippen LogP contribution in [0.4, 0.5) is 10.1 Å². The van der Waals surface area contributed by atoms with Crippen molar-refractivity contribution in [1.29, 1.82) is 0 Å². The van der Waals surface area contributed by atoms with Crippen LogP contribution in [0.1, 0.15) is 19.8 Å². The fourth-order valence-electron chi connectivity index (χ4n) is 2.03. The Balaban J connectivity index is 2.30. The molecule has 0 saturated heterocycles. The summed E-state index contributed by atoms with van der Waals surface area (Å²) in [6.45, 7) is 1.55. The summed E-state index contributed by atoms with van der Waals surface area (Å²) in [6.07, 6.45) is -0.476. The molecule has 0 radical (unpaired) electrons. The molecule has 0 saturated carbocycles. The molecule has 1 atom stereocenters. The summed E-state index contributed by atoms with van der Waals surface area (Å²) < 4.78 is 13.0. The average Bonchev–Trinajstić information content (AvgIpc) is 2.53. The summed E-state index contributed by atoms with van der Waals surface area (Å²) in [7, 11) is 0. The van der Waals surface area contributed by atoms with Gasteiger partial charge in [-0.3, -0.25) is 14.4 Å². The number of nitrogens with zero attached hydrogens (tertiary/aromatic N) is 2. The number of nitrogens with one attached hydrogen (secondary N) is 1. The molecule has 1 aromatic rings. The Hall–Kier alpha value is -3.10. The fourth-order valence-corrected chi connectivity index (χ4v) is 2.03. The predicted octanol–water partition coefficient (Wildman–Crippen LogP) is 0.467. The van der Waals surface area contributed by atoms with Gasteiger partial charge in [0.1, 0.15) is 11.9 Å². The van der Waals surface area contributed by atoms with Crippen molar-refractivity contribution >= 4 is 35.0 Å². The molecule has 24 heavy (non-hydrogen) atoms. The van der Waals surface area contributed by atoms with E-state index >= 15 is 0 Å². The van der Waals surface area contributed by atoms with Crippen LogP contribution in [0.3, 0.4) is 0 Å². The third-order valence-electron chi connectivity index (χ3n) is 3.31. The van der Waals surface area contributed by atoms with Crippen molar-refractivity contribution in [2.45, 2.75) is 25.8 Å². The first-order valence-electron chi connectivity index (χ1n) is 7.07. The highest BCUT2D eigenvalue weighted by atomic mass is 19.1. The second kappa shape index (κ2) is 6.99. The number of hydrogen-bond acceptors (Lipinski definition) is 5. The molecule has 0 unspecified atom stereocenters. The lowest BCUT2D eigenvalue weighted by Crippen LogP contribution is -2.49. The van der Waals surface area contributed by atoms with E-state index in [-0.39, 0.29) is 12.1 Å². The van der Waals surface area contributed by atoms with E-state index in [0.29, 0.717) is 0 Å². The van der Waals surface area contributed by atoms with Crippen molar-refractivity contribution in [2.24, 2.45) is 5.10 Å². The monoisotopic (exact) mass is 335 g/mol. The molecule has 0 spiro atoms. The summed E-state index contributed by atoms with van der Waals surface area (Å²) >= 11 is 0. The first-order chi connectivity index (χ1) is 11.3. The summed E-state index contributed by atoms with van der Waals surface area (Å²) in [5.74, 6) is -4.23. The minimum atomic E-state index is -1.25. The smallest absolute Gasteiger partial charge is 0.326 e. The van der Waals surface area contributed by atoms with E-state index in [1.165, 1.54) is 12.1 Å². The SMILES string of the molecule is CC[C@@H](NC(=O)C1=NN(c2ccc(F)cc2)C(=O)CC1=O)C(=O)O. The Morgan fingerprint density at radius 1 is 1.33 bits per heavy atom. The maximum absolute atomic E-state index is 13.0. The molecule has 1 heterocycles. The lowest BCUT2D eigenvalue weighted by atomic mass is 10.1. The van der Waals surface area contributed by atoms with Gasteiger partial charge in [0, 0.05) is 0 Å². The van der Waals surface area contributed by atoms with Crippen LogP contribution in [0.5, 0.6) is 0 Å². The number of rotatable bonds is 5. The highest BCUT2D eigenvalue weighted by molar-refractivity contribution is 6.67. The first-order valence-corrected chi connectivity index (χ1v) is 7.07. The second-order valence-electron chi connectivity index (χ2n) is 5.00. The van der Waals surface area contributed by atoms with Crippen molar-refractivity contribution < 1.29 is 28.7 Å². The van der Waals surface area contributed by atoms with E-state index in [2.05, 4.69) is 10.4 Å². The van der Waals surface area contributed by atoms with E-state index < -0.39 is 47.6 Å². The fraction of sp³-hybridized carbons (Fsp3) is 0.267. The van der Waals surface area contributed by atoms with Crippen molar-refractivity contribution in [3.05, 3.63) is 30.1 Å². The number of carbonyl (C=O) groups excluding carboxylic acids is 3. The maximum Gasteiger partial charge on any atom is 0.326 e. The predicted molar refractivity (Wildman–Crippen MR) is 80.8 cm³/mol. The van der Waals surface area contributed by atoms with Crippen LogP contribution in [0, 0.1) is 5.82 Å². The van der Waals surface area contributed by atoms with Crippen LogP contribution in [-0.4, -0.2) is 40.4 Å². The Bertz CT molecular complexity index is 729. The number of amides is 2. The number of carbonyl (C=O) groups is 4. The maximum atomic E-state index is 13.0. The van der Waals surface area contributed by atoms with E-state index in [1.54, 1.807) is 6.92 Å². The normalized spacial score (nSPS) is 15.8. The van der Waals surface area contributed by atoms with Gasteiger partial charge in [-0.25, -0.2) is 9.18 Å². The highest BCUT2D eigenvalue weighted by Gasteiger charge is 2.33. The van der Waals surface area contributed by atoms with Crippen LogP contribution in [0.25, 0.3) is 0 Å². The molecule has 9 heteroatoms. The molecule has 8 nitrogen and oxygen atoms in total. The lowest BCUT2D eigenvalue weighted by molar-refractivity contribution is -0.141. The number of benzene rings is 1. The van der Waals surface area contributed by atoms with E-state index in [9.17, 15) is 23.6 Å². The van der Waals surface area contributed by atoms with Gasteiger partial charge >= 0.3 is 5.97 Å². The molecule has 126 valence electrons. The number of hydrogen-bond donors (Lipinski definition) is 2. The molecule has 1 aromatic carbocycles. The van der Waals surface area contributed by atoms with E-state index in [0.717, 1.165) is 17.1 Å². The standard InChI is InChI=1S/C15H14FN3O5/c1-2-10(15(23)24)17-14(22)13-11(20)7-12(21)19(18-13)9-5-3-8(16)4-6-9/h3-6,10H,2,7H2,1H3,(H,17,22)(H,23,24)/t10-/m1/s1. The van der Waals surface area contributed by atoms with Gasteiger partial charge in [0.15, 0.2) is 11.5 Å². The van der Waals surface area contributed by atoms with E-state index in [1.807, 2.05) is 0 Å². The molecule has 0 fully saturated rings. The van der Waals surface area contributed by atoms with Crippen molar-refractivity contribution in [1.82, 2.24) is 5.32 Å². The Kier molecular flexibility index (Phi) is 5.02. The molecule has 1 aliphatic rings. The summed E-state index contributed by atoms with van der Waals surface area (Å²) in [5.41, 5.74) is -0.386. The van der Waals surface area contributed by atoms with Gasteiger partial charge < -0.3 is 10.4 Å². The number of carboxylic acids is 1. The van der Waals surface area contributed by atoms with Crippen LogP contribution in [0.2, 0.25) is 0 Å². The number of hydrazone groups is 1. The minimum absolute atomic E-state index is 0.114. The molecule has 0 aliphatic carbocycles. The summed E-state index contributed by atoms with van der Waals surface area (Å²) in [4.78, 5) is 46.8. The molecule has 2 amide bonds. The molecule has 2 N–H and O–H groups in total.